The Morgan fingerprint density at radius 3 is 1.23 bits per heavy atom. The number of aryl methyl sites for hydroxylation is 6. The first-order valence-corrected chi connectivity index (χ1v) is 31.4. The quantitative estimate of drug-likeness (QED) is 0.181. The van der Waals surface area contributed by atoms with Crippen molar-refractivity contribution in [3.63, 3.8) is 0 Å². The van der Waals surface area contributed by atoms with Gasteiger partial charge in [-0.05, 0) is 0 Å². The standard InChI is InChI=1S/2C21H21.2CH3.2ClH.H2Si.Zr/c2*1-13-7-14(2)10-18(9-13)21-19-6-4-5-16(19)12-17-8-15(3)11-20(17)21;;;;;;/h2*7-12H,4-6H2,1-3H3;2*1H3;2*1H;1H2;. The van der Waals surface area contributed by atoms with Gasteiger partial charge in [-0.15, -0.1) is 24.8 Å². The largest absolute Gasteiger partial charge is 0.147 e. The van der Waals surface area contributed by atoms with Gasteiger partial charge < -0.3 is 0 Å². The van der Waals surface area contributed by atoms with Gasteiger partial charge in [0.05, 0.1) is 0 Å². The van der Waals surface area contributed by atoms with E-state index in [0.717, 1.165) is 0 Å². The third-order valence-electron chi connectivity index (χ3n) is 12.1. The Morgan fingerprint density at radius 1 is 0.521 bits per heavy atom. The van der Waals surface area contributed by atoms with Gasteiger partial charge in [0.15, 0.2) is 0 Å². The molecular formula is C44H52Cl2SiZr. The molecule has 0 aliphatic heterocycles. The van der Waals surface area contributed by atoms with E-state index in [1.165, 1.54) is 71.9 Å². The number of allylic oxidation sites excluding steroid dienone is 2. The third-order valence-corrected chi connectivity index (χ3v) is 30.1. The van der Waals surface area contributed by atoms with E-state index in [1.54, 1.807) is 66.8 Å². The first-order valence-electron chi connectivity index (χ1n) is 17.8. The molecule has 0 bridgehead atoms. The Labute approximate surface area is 304 Å². The van der Waals surface area contributed by atoms with Gasteiger partial charge in [-0.25, -0.2) is 0 Å². The number of hydrogen-bond donors (Lipinski definition) is 0. The van der Waals surface area contributed by atoms with Gasteiger partial charge >= 0.3 is 282 Å². The van der Waals surface area contributed by atoms with E-state index >= 15 is 0 Å². The fourth-order valence-electron chi connectivity index (χ4n) is 11.1. The fourth-order valence-corrected chi connectivity index (χ4v) is 32.2. The summed E-state index contributed by atoms with van der Waals surface area (Å²) in [5.74, 6) is 0. The second kappa shape index (κ2) is 12.4. The van der Waals surface area contributed by atoms with Crippen molar-refractivity contribution in [2.24, 2.45) is 0 Å². The summed E-state index contributed by atoms with van der Waals surface area (Å²) >= 11 is -3.66. The molecule has 4 heteroatoms. The fraction of sp³-hybridized carbons (Fsp3) is 0.364. The van der Waals surface area contributed by atoms with Crippen molar-refractivity contribution in [2.45, 2.75) is 96.6 Å². The third kappa shape index (κ3) is 5.48. The minimum absolute atomic E-state index is 0. The maximum Gasteiger partial charge on any atom is -0.147 e. The molecule has 4 aliphatic carbocycles. The predicted octanol–water partition coefficient (Wildman–Crippen LogP) is 12.0. The van der Waals surface area contributed by atoms with Crippen LogP contribution in [0.25, 0.3) is 34.4 Å². The zero-order valence-electron chi connectivity index (χ0n) is 30.2. The van der Waals surface area contributed by atoms with Crippen LogP contribution < -0.4 is 0 Å². The van der Waals surface area contributed by atoms with Crippen LogP contribution >= 0.6 is 24.8 Å². The first kappa shape index (κ1) is 35.9. The molecule has 0 spiro atoms. The summed E-state index contributed by atoms with van der Waals surface area (Å²) in [7, 11) is 0. The smallest absolute Gasteiger partial charge is 0.147 e. The molecule has 2 unspecified atom stereocenters. The number of fused-ring (bicyclic) bond motifs is 4. The second-order valence-corrected chi connectivity index (χ2v) is 47.3. The molecule has 0 nitrogen and oxygen atoms in total. The molecule has 250 valence electrons. The predicted molar refractivity (Wildman–Crippen MR) is 214 cm³/mol. The van der Waals surface area contributed by atoms with Gasteiger partial charge in [0.1, 0.15) is 0 Å². The maximum absolute atomic E-state index is 3.66. The minimum Gasteiger partial charge on any atom is -0.147 e. The number of halogens is 2. The van der Waals surface area contributed by atoms with E-state index in [-0.39, 0.29) is 24.8 Å². The molecule has 0 amide bonds. The molecule has 0 radical (unpaired) electrons. The summed E-state index contributed by atoms with van der Waals surface area (Å²) < 4.78 is 6.76. The zero-order valence-corrected chi connectivity index (χ0v) is 35.7. The van der Waals surface area contributed by atoms with E-state index in [4.69, 9.17) is 0 Å². The summed E-state index contributed by atoms with van der Waals surface area (Å²) in [6.45, 7) is 16.5. The van der Waals surface area contributed by atoms with Crippen LogP contribution in [-0.4, -0.2) is 6.88 Å². The van der Waals surface area contributed by atoms with Crippen molar-refractivity contribution in [2.75, 3.05) is 0 Å². The molecule has 0 saturated heterocycles. The monoisotopic (exact) mass is 768 g/mol. The van der Waals surface area contributed by atoms with Crippen LogP contribution in [0.1, 0.15) is 101 Å². The molecule has 0 aromatic heterocycles. The van der Waals surface area contributed by atoms with Gasteiger partial charge in [0, 0.05) is 0 Å². The van der Waals surface area contributed by atoms with Crippen LogP contribution in [0.3, 0.4) is 0 Å². The molecular weight excluding hydrogens is 719 g/mol. The molecule has 0 fully saturated rings. The van der Waals surface area contributed by atoms with Crippen molar-refractivity contribution >= 4 is 43.8 Å². The molecule has 0 saturated carbocycles. The van der Waals surface area contributed by atoms with E-state index in [9.17, 15) is 0 Å². The van der Waals surface area contributed by atoms with Crippen molar-refractivity contribution in [1.29, 1.82) is 0 Å². The second-order valence-electron chi connectivity index (χ2n) is 16.8. The molecule has 8 rings (SSSR count). The molecule has 0 N–H and O–H groups in total. The topological polar surface area (TPSA) is 0 Å². The van der Waals surface area contributed by atoms with Gasteiger partial charge in [-0.2, -0.15) is 0 Å². The van der Waals surface area contributed by atoms with E-state index in [2.05, 4.69) is 118 Å². The van der Waals surface area contributed by atoms with Crippen LogP contribution in [0, 0.1) is 27.7 Å². The number of rotatable bonds is 4. The average molecular weight is 771 g/mol. The Kier molecular flexibility index (Phi) is 9.24. The number of hydrogen-bond acceptors (Lipinski definition) is 0. The van der Waals surface area contributed by atoms with Gasteiger partial charge in [0.2, 0.25) is 0 Å². The van der Waals surface area contributed by atoms with Crippen LogP contribution in [0.2, 0.25) is 9.26 Å². The van der Waals surface area contributed by atoms with Gasteiger partial charge in [-0.1, -0.05) is 0 Å². The Hall–Kier alpha value is -1.96. The maximum atomic E-state index is 2.82. The van der Waals surface area contributed by atoms with Gasteiger partial charge in [-0.3, -0.25) is 0 Å². The van der Waals surface area contributed by atoms with Crippen molar-refractivity contribution in [3.8, 4) is 22.3 Å². The summed E-state index contributed by atoms with van der Waals surface area (Å²) in [5.41, 5.74) is 27.7. The van der Waals surface area contributed by atoms with E-state index in [0.29, 0.717) is 7.25 Å². The average Bonchev–Trinajstić information content (AvgIpc) is 3.73. The van der Waals surface area contributed by atoms with E-state index in [1.807, 2.05) is 0 Å². The van der Waals surface area contributed by atoms with Crippen molar-refractivity contribution < 1.29 is 17.4 Å². The summed E-state index contributed by atoms with van der Waals surface area (Å²) in [5, 5.41) is 0. The minimum atomic E-state index is -3.66. The molecule has 4 aliphatic rings. The molecule has 0 heterocycles. The Balaban J connectivity index is 0.00000201. The molecule has 2 atom stereocenters. The molecule has 48 heavy (non-hydrogen) atoms. The Morgan fingerprint density at radius 2 is 0.875 bits per heavy atom. The summed E-state index contributed by atoms with van der Waals surface area (Å²) in [6.07, 6.45) is 12.7. The summed E-state index contributed by atoms with van der Waals surface area (Å²) in [6, 6.07) is 19.9. The Bertz CT molecular complexity index is 1970. The van der Waals surface area contributed by atoms with Crippen LogP contribution in [0.15, 0.2) is 59.7 Å². The van der Waals surface area contributed by atoms with Crippen LogP contribution in [0.5, 0.6) is 0 Å². The summed E-state index contributed by atoms with van der Waals surface area (Å²) in [4.78, 5) is 0. The molecule has 4 aromatic carbocycles. The van der Waals surface area contributed by atoms with Crippen molar-refractivity contribution in [3.05, 3.63) is 126 Å². The van der Waals surface area contributed by atoms with E-state index < -0.39 is 17.4 Å². The normalized spacial score (nSPS) is 19.1. The SMILES string of the molecule is CC1=Cc2c(cc3c(c2-c2cc(C)cc(C)c2)CCC3)[CH]1[Zr]([CH3])([CH3])(=[SiH2])[CH]1C(C)=Cc2c1cc1c(c2-c2cc(C)cc(C)c2)CCC1.Cl.Cl. The first-order chi connectivity index (χ1) is 21.8. The van der Waals surface area contributed by atoms with Crippen molar-refractivity contribution in [1.82, 2.24) is 0 Å². The van der Waals surface area contributed by atoms with Gasteiger partial charge in [0.25, 0.3) is 0 Å². The molecule has 4 aromatic rings. The zero-order chi connectivity index (χ0) is 32.3. The number of benzene rings is 4. The van der Waals surface area contributed by atoms with Crippen LogP contribution in [0.4, 0.5) is 0 Å². The van der Waals surface area contributed by atoms with Crippen LogP contribution in [-0.2, 0) is 43.1 Å².